The molecule has 1 nitrogen and oxygen atoms in total. The van der Waals surface area contributed by atoms with Gasteiger partial charge in [0.2, 0.25) is 0 Å². The molecule has 1 rings (SSSR count). The molecule has 0 heterocycles. The van der Waals surface area contributed by atoms with Gasteiger partial charge in [-0.2, -0.15) is 0 Å². The molecule has 0 N–H and O–H groups in total. The number of hydrogen-bond acceptors (Lipinski definition) is 1. The standard InChI is InChI=1S/C14H20O/c1-13(2)8-6-7-11-15-12-14-9-4-3-5-10-14/h3-6,8-10,13H,7,11-12H2,1-2H3/b8-6+. The zero-order chi connectivity index (χ0) is 10.9. The van der Waals surface area contributed by atoms with Gasteiger partial charge in [0.05, 0.1) is 13.2 Å². The van der Waals surface area contributed by atoms with Crippen molar-refractivity contribution < 1.29 is 4.74 Å². The van der Waals surface area contributed by atoms with E-state index < -0.39 is 0 Å². The summed E-state index contributed by atoms with van der Waals surface area (Å²) >= 11 is 0. The Hall–Kier alpha value is -1.08. The van der Waals surface area contributed by atoms with Crippen LogP contribution in [0.5, 0.6) is 0 Å². The fraction of sp³-hybridized carbons (Fsp3) is 0.429. The van der Waals surface area contributed by atoms with Gasteiger partial charge in [-0.05, 0) is 17.9 Å². The van der Waals surface area contributed by atoms with Gasteiger partial charge in [0.1, 0.15) is 0 Å². The summed E-state index contributed by atoms with van der Waals surface area (Å²) in [5, 5.41) is 0. The summed E-state index contributed by atoms with van der Waals surface area (Å²) in [6, 6.07) is 10.3. The fourth-order valence-electron chi connectivity index (χ4n) is 1.28. The zero-order valence-electron chi connectivity index (χ0n) is 9.65. The number of ether oxygens (including phenoxy) is 1. The minimum atomic E-state index is 0.638. The van der Waals surface area contributed by atoms with Crippen LogP contribution in [-0.2, 0) is 11.3 Å². The van der Waals surface area contributed by atoms with E-state index in [0.29, 0.717) is 5.92 Å². The van der Waals surface area contributed by atoms with Crippen molar-refractivity contribution in [3.8, 4) is 0 Å². The molecule has 82 valence electrons. The Balaban J connectivity index is 2.07. The minimum Gasteiger partial charge on any atom is -0.376 e. The Kier molecular flexibility index (Phi) is 5.79. The lowest BCUT2D eigenvalue weighted by Crippen LogP contribution is -1.94. The molecule has 0 amide bonds. The highest BCUT2D eigenvalue weighted by molar-refractivity contribution is 5.13. The molecule has 0 unspecified atom stereocenters. The highest BCUT2D eigenvalue weighted by Gasteiger charge is 1.90. The third-order valence-corrected chi connectivity index (χ3v) is 2.06. The predicted octanol–water partition coefficient (Wildman–Crippen LogP) is 3.81. The lowest BCUT2D eigenvalue weighted by atomic mass is 10.2. The van der Waals surface area contributed by atoms with Gasteiger partial charge in [-0.1, -0.05) is 56.3 Å². The first kappa shape index (κ1) is 12.0. The largest absolute Gasteiger partial charge is 0.376 e. The van der Waals surface area contributed by atoms with Gasteiger partial charge in [-0.15, -0.1) is 0 Å². The lowest BCUT2D eigenvalue weighted by molar-refractivity contribution is 0.125. The van der Waals surface area contributed by atoms with Crippen LogP contribution in [0.4, 0.5) is 0 Å². The first-order chi connectivity index (χ1) is 7.29. The molecule has 1 aromatic carbocycles. The Morgan fingerprint density at radius 3 is 2.60 bits per heavy atom. The van der Waals surface area contributed by atoms with Crippen LogP contribution < -0.4 is 0 Å². The summed E-state index contributed by atoms with van der Waals surface area (Å²) in [4.78, 5) is 0. The average molecular weight is 204 g/mol. The molecular weight excluding hydrogens is 184 g/mol. The first-order valence-electron chi connectivity index (χ1n) is 5.57. The van der Waals surface area contributed by atoms with Crippen molar-refractivity contribution in [2.45, 2.75) is 26.9 Å². The van der Waals surface area contributed by atoms with Gasteiger partial charge in [0.25, 0.3) is 0 Å². The van der Waals surface area contributed by atoms with Crippen molar-refractivity contribution in [1.29, 1.82) is 0 Å². The second kappa shape index (κ2) is 7.24. The fourth-order valence-corrected chi connectivity index (χ4v) is 1.28. The van der Waals surface area contributed by atoms with E-state index in [-0.39, 0.29) is 0 Å². The molecule has 1 heteroatoms. The maximum absolute atomic E-state index is 5.55. The molecule has 0 saturated heterocycles. The maximum atomic E-state index is 5.55. The molecule has 0 saturated carbocycles. The van der Waals surface area contributed by atoms with E-state index in [1.807, 2.05) is 18.2 Å². The first-order valence-corrected chi connectivity index (χ1v) is 5.57. The Morgan fingerprint density at radius 1 is 1.20 bits per heavy atom. The highest BCUT2D eigenvalue weighted by atomic mass is 16.5. The van der Waals surface area contributed by atoms with Crippen molar-refractivity contribution in [2.24, 2.45) is 5.92 Å². The van der Waals surface area contributed by atoms with Gasteiger partial charge in [0, 0.05) is 0 Å². The SMILES string of the molecule is CC(C)/C=C/CCOCc1ccccc1. The van der Waals surface area contributed by atoms with Crippen molar-refractivity contribution in [1.82, 2.24) is 0 Å². The van der Waals surface area contributed by atoms with E-state index in [2.05, 4.69) is 38.1 Å². The molecular formula is C14H20O. The average Bonchev–Trinajstić information content (AvgIpc) is 2.24. The second-order valence-electron chi connectivity index (χ2n) is 4.00. The summed E-state index contributed by atoms with van der Waals surface area (Å²) < 4.78 is 5.55. The van der Waals surface area contributed by atoms with E-state index in [1.54, 1.807) is 0 Å². The van der Waals surface area contributed by atoms with Gasteiger partial charge >= 0.3 is 0 Å². The molecule has 0 bridgehead atoms. The number of hydrogen-bond donors (Lipinski definition) is 0. The van der Waals surface area contributed by atoms with Crippen LogP contribution in [0.1, 0.15) is 25.8 Å². The van der Waals surface area contributed by atoms with Crippen LogP contribution in [-0.4, -0.2) is 6.61 Å². The molecule has 15 heavy (non-hydrogen) atoms. The number of allylic oxidation sites excluding steroid dienone is 1. The predicted molar refractivity (Wildman–Crippen MR) is 64.7 cm³/mol. The van der Waals surface area contributed by atoms with Gasteiger partial charge in [0.15, 0.2) is 0 Å². The second-order valence-corrected chi connectivity index (χ2v) is 4.00. The van der Waals surface area contributed by atoms with Gasteiger partial charge in [-0.25, -0.2) is 0 Å². The Morgan fingerprint density at radius 2 is 1.93 bits per heavy atom. The zero-order valence-corrected chi connectivity index (χ0v) is 9.65. The molecule has 0 aromatic heterocycles. The molecule has 0 atom stereocenters. The van der Waals surface area contributed by atoms with Crippen LogP contribution in [0.15, 0.2) is 42.5 Å². The van der Waals surface area contributed by atoms with Crippen LogP contribution >= 0.6 is 0 Å². The summed E-state index contributed by atoms with van der Waals surface area (Å²) in [5.41, 5.74) is 1.24. The number of rotatable bonds is 6. The van der Waals surface area contributed by atoms with Crippen molar-refractivity contribution in [2.75, 3.05) is 6.61 Å². The van der Waals surface area contributed by atoms with Crippen LogP contribution in [0.2, 0.25) is 0 Å². The molecule has 0 radical (unpaired) electrons. The smallest absolute Gasteiger partial charge is 0.0717 e. The van der Waals surface area contributed by atoms with Crippen LogP contribution in [0.25, 0.3) is 0 Å². The van der Waals surface area contributed by atoms with Gasteiger partial charge in [-0.3, -0.25) is 0 Å². The van der Waals surface area contributed by atoms with Gasteiger partial charge < -0.3 is 4.74 Å². The van der Waals surface area contributed by atoms with E-state index >= 15 is 0 Å². The topological polar surface area (TPSA) is 9.23 Å². The van der Waals surface area contributed by atoms with E-state index in [0.717, 1.165) is 19.6 Å². The molecule has 0 aliphatic carbocycles. The van der Waals surface area contributed by atoms with Crippen LogP contribution in [0.3, 0.4) is 0 Å². The molecule has 0 aliphatic heterocycles. The molecule has 0 fully saturated rings. The normalized spacial score (nSPS) is 11.4. The summed E-state index contributed by atoms with van der Waals surface area (Å²) in [7, 11) is 0. The quantitative estimate of drug-likeness (QED) is 0.506. The summed E-state index contributed by atoms with van der Waals surface area (Å²) in [5.74, 6) is 0.638. The molecule has 1 aromatic rings. The molecule has 0 aliphatic rings. The van der Waals surface area contributed by atoms with E-state index in [1.165, 1.54) is 5.56 Å². The third kappa shape index (κ3) is 6.08. The van der Waals surface area contributed by atoms with Crippen molar-refractivity contribution in [3.63, 3.8) is 0 Å². The maximum Gasteiger partial charge on any atom is 0.0717 e. The Bertz CT molecular complexity index is 275. The van der Waals surface area contributed by atoms with Crippen LogP contribution in [0, 0.1) is 5.92 Å². The highest BCUT2D eigenvalue weighted by Crippen LogP contribution is 2.01. The van der Waals surface area contributed by atoms with E-state index in [4.69, 9.17) is 4.74 Å². The Labute approximate surface area is 92.8 Å². The summed E-state index contributed by atoms with van der Waals surface area (Å²) in [6.07, 6.45) is 5.41. The van der Waals surface area contributed by atoms with Crippen molar-refractivity contribution in [3.05, 3.63) is 48.0 Å². The number of benzene rings is 1. The third-order valence-electron chi connectivity index (χ3n) is 2.06. The lowest BCUT2D eigenvalue weighted by Gasteiger charge is -2.02. The van der Waals surface area contributed by atoms with E-state index in [9.17, 15) is 0 Å². The molecule has 0 spiro atoms. The summed E-state index contributed by atoms with van der Waals surface area (Å²) in [6.45, 7) is 5.89. The minimum absolute atomic E-state index is 0.638. The van der Waals surface area contributed by atoms with Crippen molar-refractivity contribution >= 4 is 0 Å². The monoisotopic (exact) mass is 204 g/mol.